The van der Waals surface area contributed by atoms with Crippen molar-refractivity contribution in [1.29, 1.82) is 0 Å². The van der Waals surface area contributed by atoms with Gasteiger partial charge in [0.05, 0.1) is 6.54 Å². The number of nitrogens with zero attached hydrogens (tertiary/aromatic N) is 3. The van der Waals surface area contributed by atoms with E-state index in [1.54, 1.807) is 6.08 Å². The molecule has 0 unspecified atom stereocenters. The van der Waals surface area contributed by atoms with Crippen LogP contribution in [-0.4, -0.2) is 55.1 Å². The molecule has 1 aromatic heterocycles. The average Bonchev–Trinajstić information content (AvgIpc) is 2.47. The maximum Gasteiger partial charge on any atom is 0.234 e. The fraction of sp³-hybridized carbons (Fsp3) is 0.429. The van der Waals surface area contributed by atoms with Gasteiger partial charge < -0.3 is 10.2 Å². The first-order valence-corrected chi connectivity index (χ1v) is 6.55. The highest BCUT2D eigenvalue weighted by Gasteiger charge is 2.19. The summed E-state index contributed by atoms with van der Waals surface area (Å²) in [5, 5.41) is 2.80. The van der Waals surface area contributed by atoms with Crippen molar-refractivity contribution in [3.63, 3.8) is 0 Å². The number of carbonyl (C=O) groups excluding carboxylic acids is 1. The van der Waals surface area contributed by atoms with Gasteiger partial charge in [0, 0.05) is 38.9 Å². The van der Waals surface area contributed by atoms with E-state index < -0.39 is 0 Å². The van der Waals surface area contributed by atoms with Crippen LogP contribution in [-0.2, 0) is 4.79 Å². The molecule has 2 heterocycles. The molecule has 0 spiro atoms. The van der Waals surface area contributed by atoms with Crippen molar-refractivity contribution in [2.45, 2.75) is 0 Å². The summed E-state index contributed by atoms with van der Waals surface area (Å²) in [5.41, 5.74) is 0. The molecule has 102 valence electrons. The Labute approximate surface area is 113 Å². The monoisotopic (exact) mass is 260 g/mol. The zero-order valence-corrected chi connectivity index (χ0v) is 11.1. The maximum atomic E-state index is 11.6. The lowest BCUT2D eigenvalue weighted by Gasteiger charge is -2.34. The summed E-state index contributed by atoms with van der Waals surface area (Å²) in [6.07, 6.45) is 3.50. The van der Waals surface area contributed by atoms with E-state index in [0.29, 0.717) is 13.1 Å². The smallest absolute Gasteiger partial charge is 0.234 e. The van der Waals surface area contributed by atoms with Gasteiger partial charge in [-0.1, -0.05) is 12.1 Å². The van der Waals surface area contributed by atoms with Crippen LogP contribution in [0.5, 0.6) is 0 Å². The van der Waals surface area contributed by atoms with Gasteiger partial charge in [-0.3, -0.25) is 9.69 Å². The van der Waals surface area contributed by atoms with Crippen molar-refractivity contribution in [1.82, 2.24) is 15.2 Å². The van der Waals surface area contributed by atoms with Crippen molar-refractivity contribution in [2.24, 2.45) is 0 Å². The zero-order chi connectivity index (χ0) is 13.5. The minimum Gasteiger partial charge on any atom is -0.354 e. The topological polar surface area (TPSA) is 48.5 Å². The van der Waals surface area contributed by atoms with E-state index in [1.165, 1.54) is 0 Å². The standard InChI is InChI=1S/C14H20N4O/c1-2-6-16-14(19)12-17-8-10-18(11-9-17)13-5-3-4-7-15-13/h2-5,7H,1,6,8-12H2,(H,16,19). The molecule has 2 rings (SSSR count). The predicted octanol–water partition coefficient (Wildman–Crippen LogP) is 0.506. The lowest BCUT2D eigenvalue weighted by molar-refractivity contribution is -0.122. The molecule has 1 amide bonds. The molecule has 0 bridgehead atoms. The lowest BCUT2D eigenvalue weighted by atomic mass is 10.3. The Morgan fingerprint density at radius 2 is 2.16 bits per heavy atom. The molecule has 0 atom stereocenters. The van der Waals surface area contributed by atoms with E-state index in [-0.39, 0.29) is 5.91 Å². The second-order valence-electron chi connectivity index (χ2n) is 4.54. The van der Waals surface area contributed by atoms with E-state index in [2.05, 4.69) is 26.7 Å². The molecular weight excluding hydrogens is 240 g/mol. The molecule has 0 radical (unpaired) electrons. The number of anilines is 1. The van der Waals surface area contributed by atoms with Crippen molar-refractivity contribution in [3.8, 4) is 0 Å². The van der Waals surface area contributed by atoms with Crippen molar-refractivity contribution < 1.29 is 4.79 Å². The number of pyridine rings is 1. The number of aromatic nitrogens is 1. The Bertz CT molecular complexity index is 413. The van der Waals surface area contributed by atoms with Crippen LogP contribution in [0.3, 0.4) is 0 Å². The molecule has 0 aliphatic carbocycles. The van der Waals surface area contributed by atoms with E-state index in [0.717, 1.165) is 32.0 Å². The van der Waals surface area contributed by atoms with Crippen LogP contribution >= 0.6 is 0 Å². The van der Waals surface area contributed by atoms with Crippen molar-refractivity contribution in [3.05, 3.63) is 37.1 Å². The molecule has 5 heteroatoms. The Hall–Kier alpha value is -1.88. The van der Waals surface area contributed by atoms with E-state index >= 15 is 0 Å². The maximum absolute atomic E-state index is 11.6. The number of hydrogen-bond acceptors (Lipinski definition) is 4. The third-order valence-electron chi connectivity index (χ3n) is 3.16. The summed E-state index contributed by atoms with van der Waals surface area (Å²) in [4.78, 5) is 20.4. The van der Waals surface area contributed by atoms with E-state index in [1.807, 2.05) is 24.4 Å². The van der Waals surface area contributed by atoms with Gasteiger partial charge in [-0.2, -0.15) is 0 Å². The van der Waals surface area contributed by atoms with E-state index in [9.17, 15) is 4.79 Å². The quantitative estimate of drug-likeness (QED) is 0.784. The SMILES string of the molecule is C=CCNC(=O)CN1CCN(c2ccccn2)CC1. The van der Waals surface area contributed by atoms with Crippen LogP contribution in [0.15, 0.2) is 37.1 Å². The fourth-order valence-corrected chi connectivity index (χ4v) is 2.12. The van der Waals surface area contributed by atoms with Gasteiger partial charge in [0.25, 0.3) is 0 Å². The molecule has 0 aromatic carbocycles. The first-order valence-electron chi connectivity index (χ1n) is 6.55. The molecule has 1 aliphatic rings. The normalized spacial score (nSPS) is 16.1. The van der Waals surface area contributed by atoms with E-state index in [4.69, 9.17) is 0 Å². The number of hydrogen-bond donors (Lipinski definition) is 1. The summed E-state index contributed by atoms with van der Waals surface area (Å²) in [6, 6.07) is 5.94. The van der Waals surface area contributed by atoms with Crippen LogP contribution in [0.2, 0.25) is 0 Å². The van der Waals surface area contributed by atoms with Crippen LogP contribution in [0.4, 0.5) is 5.82 Å². The fourth-order valence-electron chi connectivity index (χ4n) is 2.12. The predicted molar refractivity (Wildman–Crippen MR) is 76.1 cm³/mol. The van der Waals surface area contributed by atoms with Crippen LogP contribution < -0.4 is 10.2 Å². The Balaban J connectivity index is 1.76. The van der Waals surface area contributed by atoms with Crippen LogP contribution in [0.1, 0.15) is 0 Å². The molecule has 5 nitrogen and oxygen atoms in total. The van der Waals surface area contributed by atoms with Gasteiger partial charge >= 0.3 is 0 Å². The average molecular weight is 260 g/mol. The highest BCUT2D eigenvalue weighted by atomic mass is 16.2. The van der Waals surface area contributed by atoms with Gasteiger partial charge in [-0.05, 0) is 12.1 Å². The summed E-state index contributed by atoms with van der Waals surface area (Å²) in [5.74, 6) is 1.07. The molecule has 0 saturated carbocycles. The number of amides is 1. The third-order valence-corrected chi connectivity index (χ3v) is 3.16. The van der Waals surface area contributed by atoms with Gasteiger partial charge in [0.15, 0.2) is 0 Å². The molecule has 19 heavy (non-hydrogen) atoms. The number of nitrogens with one attached hydrogen (secondary N) is 1. The Morgan fingerprint density at radius 1 is 1.37 bits per heavy atom. The molecular formula is C14H20N4O. The highest BCUT2D eigenvalue weighted by molar-refractivity contribution is 5.78. The number of piperazine rings is 1. The Kier molecular flexibility index (Phi) is 4.92. The van der Waals surface area contributed by atoms with Crippen LogP contribution in [0.25, 0.3) is 0 Å². The minimum atomic E-state index is 0.0613. The van der Waals surface area contributed by atoms with Gasteiger partial charge in [-0.25, -0.2) is 4.98 Å². The second kappa shape index (κ2) is 6.89. The first-order chi connectivity index (χ1) is 9.29. The third kappa shape index (κ3) is 4.06. The molecule has 1 aromatic rings. The summed E-state index contributed by atoms with van der Waals surface area (Å²) >= 11 is 0. The van der Waals surface area contributed by atoms with Gasteiger partial charge in [0.1, 0.15) is 5.82 Å². The number of carbonyl (C=O) groups is 1. The minimum absolute atomic E-state index is 0.0613. The van der Waals surface area contributed by atoms with Crippen molar-refractivity contribution in [2.75, 3.05) is 44.2 Å². The molecule has 1 fully saturated rings. The number of rotatable bonds is 5. The molecule has 1 aliphatic heterocycles. The summed E-state index contributed by atoms with van der Waals surface area (Å²) < 4.78 is 0. The molecule has 1 saturated heterocycles. The summed E-state index contributed by atoms with van der Waals surface area (Å²) in [6.45, 7) is 8.17. The van der Waals surface area contributed by atoms with Gasteiger partial charge in [-0.15, -0.1) is 6.58 Å². The summed E-state index contributed by atoms with van der Waals surface area (Å²) in [7, 11) is 0. The second-order valence-corrected chi connectivity index (χ2v) is 4.54. The molecule has 1 N–H and O–H groups in total. The zero-order valence-electron chi connectivity index (χ0n) is 11.1. The Morgan fingerprint density at radius 3 is 2.79 bits per heavy atom. The highest BCUT2D eigenvalue weighted by Crippen LogP contribution is 2.11. The largest absolute Gasteiger partial charge is 0.354 e. The van der Waals surface area contributed by atoms with Crippen LogP contribution in [0, 0.1) is 0 Å². The van der Waals surface area contributed by atoms with Crippen molar-refractivity contribution >= 4 is 11.7 Å². The first kappa shape index (κ1) is 13.5. The lowest BCUT2D eigenvalue weighted by Crippen LogP contribution is -2.49. The van der Waals surface area contributed by atoms with Gasteiger partial charge in [0.2, 0.25) is 5.91 Å².